The summed E-state index contributed by atoms with van der Waals surface area (Å²) in [6.07, 6.45) is 6.36. The Morgan fingerprint density at radius 2 is 1.39 bits per heavy atom. The Labute approximate surface area is 109 Å². The Bertz CT molecular complexity index is 209. The largest absolute Gasteiger partial charge is 0.481 e. The second kappa shape index (κ2) is 14.0. The van der Waals surface area contributed by atoms with Crippen molar-refractivity contribution in [3.05, 3.63) is 0 Å². The number of aliphatic carboxylic acids is 2. The van der Waals surface area contributed by atoms with Crippen molar-refractivity contribution >= 4 is 11.9 Å². The van der Waals surface area contributed by atoms with Crippen molar-refractivity contribution in [2.75, 3.05) is 0 Å². The predicted octanol–water partition coefficient (Wildman–Crippen LogP) is 2.66. The van der Waals surface area contributed by atoms with E-state index in [9.17, 15) is 9.59 Å². The second-order valence-electron chi connectivity index (χ2n) is 4.20. The van der Waals surface area contributed by atoms with Crippen LogP contribution in [0.1, 0.15) is 65.2 Å². The highest BCUT2D eigenvalue weighted by Crippen LogP contribution is 2.03. The molecule has 18 heavy (non-hydrogen) atoms. The number of aliphatic hydroxyl groups is 1. The van der Waals surface area contributed by atoms with Crippen LogP contribution in [-0.2, 0) is 9.59 Å². The first kappa shape index (κ1) is 19.2. The number of hydrogen-bond acceptors (Lipinski definition) is 3. The Balaban J connectivity index is 0. The monoisotopic (exact) mass is 262 g/mol. The van der Waals surface area contributed by atoms with Gasteiger partial charge in [-0.15, -0.1) is 0 Å². The van der Waals surface area contributed by atoms with Gasteiger partial charge in [-0.05, 0) is 6.42 Å². The summed E-state index contributed by atoms with van der Waals surface area (Å²) in [7, 11) is 0. The van der Waals surface area contributed by atoms with Crippen molar-refractivity contribution in [1.82, 2.24) is 0 Å². The van der Waals surface area contributed by atoms with Crippen molar-refractivity contribution in [2.45, 2.75) is 71.3 Å². The summed E-state index contributed by atoms with van der Waals surface area (Å²) in [6, 6.07) is 0. The van der Waals surface area contributed by atoms with Crippen molar-refractivity contribution in [3.63, 3.8) is 0 Å². The molecule has 0 rings (SSSR count). The zero-order valence-electron chi connectivity index (χ0n) is 11.4. The van der Waals surface area contributed by atoms with Gasteiger partial charge in [0.05, 0.1) is 0 Å². The van der Waals surface area contributed by atoms with E-state index in [1.54, 1.807) is 0 Å². The molecule has 0 bridgehead atoms. The van der Waals surface area contributed by atoms with Gasteiger partial charge in [-0.1, -0.05) is 52.4 Å². The van der Waals surface area contributed by atoms with Crippen LogP contribution in [0.2, 0.25) is 0 Å². The highest BCUT2D eigenvalue weighted by atomic mass is 16.4. The molecule has 5 heteroatoms. The van der Waals surface area contributed by atoms with Crippen molar-refractivity contribution < 1.29 is 24.9 Å². The van der Waals surface area contributed by atoms with Crippen molar-refractivity contribution in [1.29, 1.82) is 0 Å². The first-order valence-electron chi connectivity index (χ1n) is 6.58. The number of carboxylic acids is 2. The van der Waals surface area contributed by atoms with Gasteiger partial charge in [-0.25, -0.2) is 4.79 Å². The summed E-state index contributed by atoms with van der Waals surface area (Å²) >= 11 is 0. The lowest BCUT2D eigenvalue weighted by atomic mass is 10.1. The third-order valence-electron chi connectivity index (χ3n) is 2.37. The number of carboxylic acid groups (broad SMARTS) is 2. The summed E-state index contributed by atoms with van der Waals surface area (Å²) in [6.45, 7) is 4.51. The molecule has 0 heterocycles. The molecular weight excluding hydrogens is 236 g/mol. The fourth-order valence-electron chi connectivity index (χ4n) is 1.24. The van der Waals surface area contributed by atoms with Crippen LogP contribution in [0, 0.1) is 0 Å². The van der Waals surface area contributed by atoms with E-state index < -0.39 is 18.0 Å². The molecule has 1 atom stereocenters. The number of aliphatic hydroxyl groups excluding tert-OH is 1. The van der Waals surface area contributed by atoms with E-state index >= 15 is 0 Å². The summed E-state index contributed by atoms with van der Waals surface area (Å²) in [5.74, 6) is -2.50. The van der Waals surface area contributed by atoms with E-state index in [-0.39, 0.29) is 12.8 Å². The number of unbranched alkanes of at least 4 members (excludes halogenated alkanes) is 5. The minimum Gasteiger partial charge on any atom is -0.481 e. The Kier molecular flexibility index (Phi) is 14.9. The lowest BCUT2D eigenvalue weighted by Gasteiger charge is -2.00. The molecule has 3 N–H and O–H groups in total. The van der Waals surface area contributed by atoms with Crippen LogP contribution in [0.25, 0.3) is 0 Å². The maximum absolute atomic E-state index is 9.87. The predicted molar refractivity (Wildman–Crippen MR) is 69.6 cm³/mol. The van der Waals surface area contributed by atoms with Crippen LogP contribution in [-0.4, -0.2) is 33.4 Å². The number of hydrogen-bond donors (Lipinski definition) is 3. The van der Waals surface area contributed by atoms with Gasteiger partial charge in [0.25, 0.3) is 0 Å². The van der Waals surface area contributed by atoms with E-state index in [0.29, 0.717) is 0 Å². The molecule has 0 amide bonds. The SMILES string of the molecule is CCCCCCCC.O=C(O)CCC(O)C(=O)O. The Hall–Kier alpha value is -1.10. The number of carbonyl (C=O) groups is 2. The maximum Gasteiger partial charge on any atom is 0.332 e. The lowest BCUT2D eigenvalue weighted by molar-refractivity contribution is -0.147. The second-order valence-corrected chi connectivity index (χ2v) is 4.20. The van der Waals surface area contributed by atoms with Crippen LogP contribution in [0.15, 0.2) is 0 Å². The molecule has 0 fully saturated rings. The Morgan fingerprint density at radius 1 is 0.944 bits per heavy atom. The molecule has 1 unspecified atom stereocenters. The first-order chi connectivity index (χ1) is 8.45. The molecule has 0 saturated heterocycles. The number of rotatable bonds is 9. The molecule has 108 valence electrons. The standard InChI is InChI=1S/C8H18.C5H8O5/c1-3-5-7-8-6-4-2;6-3(5(9)10)1-2-4(7)8/h3-8H2,1-2H3;3,6H,1-2H2,(H,7,8)(H,9,10). The zero-order chi connectivity index (χ0) is 14.4. The van der Waals surface area contributed by atoms with Crippen LogP contribution < -0.4 is 0 Å². The van der Waals surface area contributed by atoms with E-state index in [1.807, 2.05) is 0 Å². The van der Waals surface area contributed by atoms with Gasteiger partial charge in [-0.3, -0.25) is 4.79 Å². The minimum atomic E-state index is -1.56. The molecule has 0 saturated carbocycles. The van der Waals surface area contributed by atoms with E-state index in [1.165, 1.54) is 38.5 Å². The van der Waals surface area contributed by atoms with Gasteiger partial charge in [0.15, 0.2) is 6.10 Å². The van der Waals surface area contributed by atoms with E-state index in [4.69, 9.17) is 15.3 Å². The summed E-state index contributed by atoms with van der Waals surface area (Å²) in [5, 5.41) is 24.6. The van der Waals surface area contributed by atoms with Gasteiger partial charge in [-0.2, -0.15) is 0 Å². The molecule has 0 aromatic heterocycles. The lowest BCUT2D eigenvalue weighted by Crippen LogP contribution is -2.20. The normalized spacial score (nSPS) is 11.3. The molecule has 0 radical (unpaired) electrons. The maximum atomic E-state index is 9.87. The van der Waals surface area contributed by atoms with Gasteiger partial charge in [0.2, 0.25) is 0 Å². The topological polar surface area (TPSA) is 94.8 Å². The average Bonchev–Trinajstić information content (AvgIpc) is 2.32. The minimum absolute atomic E-state index is 0.245. The van der Waals surface area contributed by atoms with Gasteiger partial charge < -0.3 is 15.3 Å². The van der Waals surface area contributed by atoms with Crippen LogP contribution >= 0.6 is 0 Å². The molecular formula is C13H26O5. The molecule has 0 aliphatic carbocycles. The third-order valence-corrected chi connectivity index (χ3v) is 2.37. The highest BCUT2D eigenvalue weighted by molar-refractivity contribution is 5.73. The highest BCUT2D eigenvalue weighted by Gasteiger charge is 2.13. The van der Waals surface area contributed by atoms with Gasteiger partial charge >= 0.3 is 11.9 Å². The summed E-state index contributed by atoms with van der Waals surface area (Å²) in [4.78, 5) is 19.7. The van der Waals surface area contributed by atoms with Crippen molar-refractivity contribution in [3.8, 4) is 0 Å². The first-order valence-corrected chi connectivity index (χ1v) is 6.58. The zero-order valence-corrected chi connectivity index (χ0v) is 11.4. The molecule has 0 spiro atoms. The van der Waals surface area contributed by atoms with Crippen LogP contribution in [0.5, 0.6) is 0 Å². The quantitative estimate of drug-likeness (QED) is 0.555. The van der Waals surface area contributed by atoms with E-state index in [2.05, 4.69) is 13.8 Å². The average molecular weight is 262 g/mol. The third kappa shape index (κ3) is 17.3. The Morgan fingerprint density at radius 3 is 1.67 bits per heavy atom. The fraction of sp³-hybridized carbons (Fsp3) is 0.846. The molecule has 0 aliphatic rings. The molecule has 5 nitrogen and oxygen atoms in total. The summed E-state index contributed by atoms with van der Waals surface area (Å²) in [5.41, 5.74) is 0. The van der Waals surface area contributed by atoms with Gasteiger partial charge in [0.1, 0.15) is 0 Å². The van der Waals surface area contributed by atoms with Crippen LogP contribution in [0.4, 0.5) is 0 Å². The molecule has 0 aromatic carbocycles. The molecule has 0 aliphatic heterocycles. The smallest absolute Gasteiger partial charge is 0.332 e. The molecule has 0 aromatic rings. The van der Waals surface area contributed by atoms with E-state index in [0.717, 1.165) is 0 Å². The van der Waals surface area contributed by atoms with Gasteiger partial charge in [0, 0.05) is 6.42 Å². The summed E-state index contributed by atoms with van der Waals surface area (Å²) < 4.78 is 0. The van der Waals surface area contributed by atoms with Crippen molar-refractivity contribution in [2.24, 2.45) is 0 Å². The van der Waals surface area contributed by atoms with Crippen LogP contribution in [0.3, 0.4) is 0 Å². The fourth-order valence-corrected chi connectivity index (χ4v) is 1.24.